The number of rotatable bonds is 6. The highest BCUT2D eigenvalue weighted by atomic mass is 32.2. The van der Waals surface area contributed by atoms with Crippen molar-refractivity contribution in [2.45, 2.75) is 18.5 Å². The van der Waals surface area contributed by atoms with Crippen LogP contribution in [-0.4, -0.2) is 74.8 Å². The highest BCUT2D eigenvalue weighted by molar-refractivity contribution is 7.91. The van der Waals surface area contributed by atoms with Crippen LogP contribution in [0.4, 0.5) is 0 Å². The molecule has 1 fully saturated rings. The van der Waals surface area contributed by atoms with Crippen molar-refractivity contribution in [2.24, 2.45) is 5.73 Å². The highest BCUT2D eigenvalue weighted by Gasteiger charge is 2.35. The first-order valence-corrected chi connectivity index (χ1v) is 7.59. The topological polar surface area (TPSA) is 110 Å². The summed E-state index contributed by atoms with van der Waals surface area (Å²) in [5.41, 5.74) is 5.65. The molecule has 0 aromatic carbocycles. The first kappa shape index (κ1) is 15.4. The lowest BCUT2D eigenvalue weighted by molar-refractivity contribution is -0.136. The summed E-state index contributed by atoms with van der Waals surface area (Å²) in [7, 11) is -1.64. The fraction of sp³-hybridized carbons (Fsp3) is 0.900. The highest BCUT2D eigenvalue weighted by Crippen LogP contribution is 2.18. The van der Waals surface area contributed by atoms with E-state index < -0.39 is 21.9 Å². The Bertz CT molecular complexity index is 384. The molecule has 0 aromatic rings. The van der Waals surface area contributed by atoms with E-state index >= 15 is 0 Å². The second kappa shape index (κ2) is 6.46. The lowest BCUT2D eigenvalue weighted by Gasteiger charge is -2.29. The maximum atomic E-state index is 12.0. The van der Waals surface area contributed by atoms with Crippen LogP contribution < -0.4 is 5.73 Å². The summed E-state index contributed by atoms with van der Waals surface area (Å²) in [6.45, 7) is -0.0569. The van der Waals surface area contributed by atoms with Crippen molar-refractivity contribution in [3.8, 4) is 0 Å². The van der Waals surface area contributed by atoms with Crippen molar-refractivity contribution >= 4 is 15.7 Å². The Morgan fingerprint density at radius 3 is 2.72 bits per heavy atom. The lowest BCUT2D eigenvalue weighted by Crippen LogP contribution is -2.51. The Kier molecular flexibility index (Phi) is 5.51. The minimum atomic E-state index is -3.08. The molecule has 1 heterocycles. The quantitative estimate of drug-likeness (QED) is 0.580. The minimum Gasteiger partial charge on any atom is -0.395 e. The van der Waals surface area contributed by atoms with Crippen LogP contribution in [0.25, 0.3) is 0 Å². The van der Waals surface area contributed by atoms with Crippen LogP contribution in [0.2, 0.25) is 0 Å². The van der Waals surface area contributed by atoms with E-state index in [1.807, 2.05) is 0 Å². The van der Waals surface area contributed by atoms with Gasteiger partial charge in [-0.2, -0.15) is 0 Å². The first-order valence-electron chi connectivity index (χ1n) is 5.77. The summed E-state index contributed by atoms with van der Waals surface area (Å²) in [5.74, 6) is -0.363. The molecule has 3 N–H and O–H groups in total. The fourth-order valence-corrected chi connectivity index (χ4v) is 3.80. The third kappa shape index (κ3) is 3.91. The molecule has 1 rings (SSSR count). The van der Waals surface area contributed by atoms with Gasteiger partial charge in [0.25, 0.3) is 0 Å². The maximum absolute atomic E-state index is 12.0. The molecule has 1 aliphatic rings. The summed E-state index contributed by atoms with van der Waals surface area (Å²) in [5, 5.41) is 8.97. The average molecular weight is 280 g/mol. The van der Waals surface area contributed by atoms with Gasteiger partial charge in [0.15, 0.2) is 9.84 Å². The molecule has 0 radical (unpaired) electrons. The van der Waals surface area contributed by atoms with E-state index in [0.717, 1.165) is 0 Å². The number of aliphatic hydroxyl groups is 1. The van der Waals surface area contributed by atoms with Crippen LogP contribution >= 0.6 is 0 Å². The van der Waals surface area contributed by atoms with Gasteiger partial charge in [0, 0.05) is 19.7 Å². The number of nitrogens with zero attached hydrogens (tertiary/aromatic N) is 1. The Morgan fingerprint density at radius 2 is 2.28 bits per heavy atom. The van der Waals surface area contributed by atoms with E-state index in [-0.39, 0.29) is 37.2 Å². The number of hydrogen-bond donors (Lipinski definition) is 2. The van der Waals surface area contributed by atoms with Gasteiger partial charge >= 0.3 is 0 Å². The zero-order valence-electron chi connectivity index (χ0n) is 10.4. The number of methoxy groups -OCH3 is 1. The van der Waals surface area contributed by atoms with Crippen LogP contribution in [-0.2, 0) is 19.4 Å². The van der Waals surface area contributed by atoms with Crippen molar-refractivity contribution in [3.63, 3.8) is 0 Å². The predicted octanol–water partition coefficient (Wildman–Crippen LogP) is -2.03. The van der Waals surface area contributed by atoms with Crippen molar-refractivity contribution in [2.75, 3.05) is 38.4 Å². The molecule has 18 heavy (non-hydrogen) atoms. The maximum Gasteiger partial charge on any atom is 0.242 e. The molecular formula is C10H20N2O5S. The summed E-state index contributed by atoms with van der Waals surface area (Å²) >= 11 is 0. The molecule has 1 amide bonds. The van der Waals surface area contributed by atoms with Crippen molar-refractivity contribution < 1.29 is 23.1 Å². The molecule has 7 nitrogen and oxygen atoms in total. The summed E-state index contributed by atoms with van der Waals surface area (Å²) in [6, 6.07) is -1.22. The molecule has 2 atom stereocenters. The van der Waals surface area contributed by atoms with Gasteiger partial charge in [0.05, 0.1) is 24.7 Å². The van der Waals surface area contributed by atoms with Gasteiger partial charge in [0.2, 0.25) is 5.91 Å². The molecule has 0 aromatic heterocycles. The Morgan fingerprint density at radius 1 is 1.61 bits per heavy atom. The van der Waals surface area contributed by atoms with Gasteiger partial charge < -0.3 is 20.5 Å². The number of sulfone groups is 1. The second-order valence-corrected chi connectivity index (χ2v) is 6.60. The monoisotopic (exact) mass is 280 g/mol. The van der Waals surface area contributed by atoms with Crippen molar-refractivity contribution in [1.29, 1.82) is 0 Å². The summed E-state index contributed by atoms with van der Waals surface area (Å²) < 4.78 is 27.6. The molecule has 8 heteroatoms. The van der Waals surface area contributed by atoms with E-state index in [1.54, 1.807) is 0 Å². The fourth-order valence-electron chi connectivity index (χ4n) is 2.07. The lowest BCUT2D eigenvalue weighted by atomic mass is 10.2. The SMILES string of the molecule is COCC(N)C(=O)N(CCO)C1CCS(=O)(=O)C1. The van der Waals surface area contributed by atoms with Crippen LogP contribution in [0.15, 0.2) is 0 Å². The number of carbonyl (C=O) groups is 1. The smallest absolute Gasteiger partial charge is 0.242 e. The van der Waals surface area contributed by atoms with Crippen molar-refractivity contribution in [3.05, 3.63) is 0 Å². The Balaban J connectivity index is 2.73. The number of aliphatic hydroxyl groups excluding tert-OH is 1. The first-order chi connectivity index (χ1) is 8.41. The molecular weight excluding hydrogens is 260 g/mol. The zero-order valence-corrected chi connectivity index (χ0v) is 11.2. The molecule has 0 aliphatic carbocycles. The molecule has 0 spiro atoms. The Labute approximate surface area is 107 Å². The largest absolute Gasteiger partial charge is 0.395 e. The van der Waals surface area contributed by atoms with E-state index in [9.17, 15) is 13.2 Å². The second-order valence-electron chi connectivity index (χ2n) is 4.37. The minimum absolute atomic E-state index is 0.0571. The third-order valence-corrected chi connectivity index (χ3v) is 4.69. The van der Waals surface area contributed by atoms with Crippen LogP contribution in [0, 0.1) is 0 Å². The summed E-state index contributed by atoms with van der Waals surface area (Å²) in [4.78, 5) is 13.4. The predicted molar refractivity (Wildman–Crippen MR) is 65.7 cm³/mol. The normalized spacial score (nSPS) is 23.8. The number of amides is 1. The average Bonchev–Trinajstić information content (AvgIpc) is 2.66. The number of ether oxygens (including phenoxy) is 1. The van der Waals surface area contributed by atoms with Gasteiger partial charge in [-0.15, -0.1) is 0 Å². The van der Waals surface area contributed by atoms with Crippen LogP contribution in [0.3, 0.4) is 0 Å². The number of hydrogen-bond acceptors (Lipinski definition) is 6. The Hall–Kier alpha value is -0.700. The molecule has 2 unspecified atom stereocenters. The molecule has 0 bridgehead atoms. The summed E-state index contributed by atoms with van der Waals surface area (Å²) in [6.07, 6.45) is 0.397. The van der Waals surface area contributed by atoms with Crippen LogP contribution in [0.5, 0.6) is 0 Å². The molecule has 1 aliphatic heterocycles. The third-order valence-electron chi connectivity index (χ3n) is 2.94. The molecule has 0 saturated carbocycles. The zero-order chi connectivity index (χ0) is 13.8. The number of carbonyl (C=O) groups excluding carboxylic acids is 1. The van der Waals surface area contributed by atoms with Gasteiger partial charge in [-0.05, 0) is 6.42 Å². The molecule has 106 valence electrons. The van der Waals surface area contributed by atoms with Crippen LogP contribution in [0.1, 0.15) is 6.42 Å². The van der Waals surface area contributed by atoms with E-state index in [0.29, 0.717) is 6.42 Å². The van der Waals surface area contributed by atoms with E-state index in [4.69, 9.17) is 15.6 Å². The standard InChI is InChI=1S/C10H20N2O5S/c1-17-6-9(11)10(14)12(3-4-13)8-2-5-18(15,16)7-8/h8-9,13H,2-7,11H2,1H3. The van der Waals surface area contributed by atoms with E-state index in [1.165, 1.54) is 12.0 Å². The van der Waals surface area contributed by atoms with Crippen molar-refractivity contribution in [1.82, 2.24) is 4.90 Å². The molecule has 1 saturated heterocycles. The van der Waals surface area contributed by atoms with Gasteiger partial charge in [-0.25, -0.2) is 8.42 Å². The van der Waals surface area contributed by atoms with Gasteiger partial charge in [0.1, 0.15) is 6.04 Å². The number of nitrogens with two attached hydrogens (primary N) is 1. The van der Waals surface area contributed by atoms with Gasteiger partial charge in [-0.1, -0.05) is 0 Å². The van der Waals surface area contributed by atoms with E-state index in [2.05, 4.69) is 0 Å². The van der Waals surface area contributed by atoms with Gasteiger partial charge in [-0.3, -0.25) is 4.79 Å².